The summed E-state index contributed by atoms with van der Waals surface area (Å²) in [6, 6.07) is 16.1. The third kappa shape index (κ3) is 3.80. The molecule has 0 saturated carbocycles. The molecule has 0 bridgehead atoms. The molecule has 0 fully saturated rings. The van der Waals surface area contributed by atoms with Crippen LogP contribution in [-0.2, 0) is 0 Å². The van der Waals surface area contributed by atoms with Crippen molar-refractivity contribution in [1.29, 1.82) is 0 Å². The summed E-state index contributed by atoms with van der Waals surface area (Å²) in [5, 5.41) is 2.73. The Morgan fingerprint density at radius 1 is 0.971 bits per heavy atom. The predicted molar refractivity (Wildman–Crippen MR) is 149 cm³/mol. The molecule has 1 aromatic heterocycles. The van der Waals surface area contributed by atoms with E-state index >= 15 is 0 Å². The van der Waals surface area contributed by atoms with E-state index < -0.39 is 0 Å². The molecule has 2 aromatic carbocycles. The smallest absolute Gasteiger partial charge is 0.0600 e. The van der Waals surface area contributed by atoms with Crippen LogP contribution in [0.25, 0.3) is 25.7 Å². The van der Waals surface area contributed by atoms with Crippen molar-refractivity contribution < 1.29 is 0 Å². The number of rotatable bonds is 4. The van der Waals surface area contributed by atoms with E-state index in [0.29, 0.717) is 6.04 Å². The average molecular weight is 462 g/mol. The van der Waals surface area contributed by atoms with Gasteiger partial charge in [-0.1, -0.05) is 78.4 Å². The number of allylic oxidation sites excluding steroid dienone is 7. The molecule has 0 aliphatic heterocycles. The molecule has 6 rings (SSSR count). The largest absolute Gasteiger partial charge is 0.356 e. The van der Waals surface area contributed by atoms with Gasteiger partial charge in [0.15, 0.2) is 0 Å². The van der Waals surface area contributed by atoms with Crippen LogP contribution in [0.15, 0.2) is 108 Å². The Hall–Kier alpha value is -3.10. The summed E-state index contributed by atoms with van der Waals surface area (Å²) < 4.78 is 2.73. The minimum absolute atomic E-state index is 0.0528. The molecule has 2 heteroatoms. The Morgan fingerprint density at radius 3 is 2.65 bits per heavy atom. The summed E-state index contributed by atoms with van der Waals surface area (Å²) in [5.41, 5.74) is 5.41. The predicted octanol–water partition coefficient (Wildman–Crippen LogP) is 8.97. The highest BCUT2D eigenvalue weighted by Crippen LogP contribution is 2.40. The van der Waals surface area contributed by atoms with Gasteiger partial charge in [-0.3, -0.25) is 0 Å². The van der Waals surface area contributed by atoms with Crippen molar-refractivity contribution in [1.82, 2.24) is 4.90 Å². The van der Waals surface area contributed by atoms with Crippen molar-refractivity contribution in [2.24, 2.45) is 0 Å². The van der Waals surface area contributed by atoms with Gasteiger partial charge >= 0.3 is 0 Å². The number of benzene rings is 2. The number of hydrogen-bond donors (Lipinski definition) is 0. The van der Waals surface area contributed by atoms with Crippen LogP contribution in [0.4, 0.5) is 0 Å². The Kier molecular flexibility index (Phi) is 5.42. The fourth-order valence-corrected chi connectivity index (χ4v) is 6.74. The number of nitrogens with zero attached hydrogens (tertiary/aromatic N) is 1. The molecular formula is C32H31NS. The Bertz CT molecular complexity index is 1440. The van der Waals surface area contributed by atoms with Gasteiger partial charge in [0.2, 0.25) is 0 Å². The van der Waals surface area contributed by atoms with Gasteiger partial charge < -0.3 is 4.90 Å². The van der Waals surface area contributed by atoms with Gasteiger partial charge in [-0.05, 0) is 74.9 Å². The van der Waals surface area contributed by atoms with Crippen LogP contribution in [0, 0.1) is 0 Å². The fourth-order valence-electron chi connectivity index (χ4n) is 5.66. The SMILES string of the molecule is CC1=CC=C[C@H](N(C2=CCCC=C2)C2(C)C=CC(c3ccc4sc5ccccc5c4c3)=CC2)C1. The topological polar surface area (TPSA) is 3.24 Å². The van der Waals surface area contributed by atoms with Gasteiger partial charge in [0.25, 0.3) is 0 Å². The van der Waals surface area contributed by atoms with Gasteiger partial charge in [0, 0.05) is 25.9 Å². The van der Waals surface area contributed by atoms with Crippen molar-refractivity contribution >= 4 is 37.1 Å². The van der Waals surface area contributed by atoms with Crippen LogP contribution < -0.4 is 0 Å². The molecule has 0 amide bonds. The Balaban J connectivity index is 1.33. The lowest BCUT2D eigenvalue weighted by molar-refractivity contribution is 0.164. The first-order valence-corrected chi connectivity index (χ1v) is 13.2. The third-order valence-electron chi connectivity index (χ3n) is 7.45. The van der Waals surface area contributed by atoms with Gasteiger partial charge in [0.05, 0.1) is 11.6 Å². The second-order valence-corrected chi connectivity index (χ2v) is 11.1. The zero-order valence-electron chi connectivity index (χ0n) is 20.0. The standard InChI is InChI=1S/C32H31NS/c1-23-9-8-12-27(21-23)33(26-10-4-3-5-11-26)32(2)19-17-24(18-20-32)25-15-16-31-29(22-25)28-13-6-7-14-30(28)34-31/h4,6-19,22,27H,3,5,20-21H2,1-2H3/t27-,32?/m0/s1. The normalized spacial score (nSPS) is 24.3. The fraction of sp³-hybridized carbons (Fsp3) is 0.250. The van der Waals surface area contributed by atoms with E-state index in [1.165, 1.54) is 42.6 Å². The highest BCUT2D eigenvalue weighted by Gasteiger charge is 2.36. The second kappa shape index (κ2) is 8.60. The lowest BCUT2D eigenvalue weighted by atomic mass is 9.83. The highest BCUT2D eigenvalue weighted by molar-refractivity contribution is 7.25. The molecule has 0 radical (unpaired) electrons. The summed E-state index contributed by atoms with van der Waals surface area (Å²) in [4.78, 5) is 2.66. The van der Waals surface area contributed by atoms with Crippen molar-refractivity contribution in [3.8, 4) is 0 Å². The molecule has 34 heavy (non-hydrogen) atoms. The minimum Gasteiger partial charge on any atom is -0.356 e. The van der Waals surface area contributed by atoms with E-state index in [2.05, 4.69) is 116 Å². The molecule has 170 valence electrons. The molecule has 3 aromatic rings. The van der Waals surface area contributed by atoms with Crippen LogP contribution in [-0.4, -0.2) is 16.5 Å². The number of thiophene rings is 1. The van der Waals surface area contributed by atoms with Crippen molar-refractivity contribution in [2.45, 2.75) is 51.1 Å². The maximum Gasteiger partial charge on any atom is 0.0600 e. The van der Waals surface area contributed by atoms with E-state index in [-0.39, 0.29) is 5.54 Å². The number of hydrogen-bond acceptors (Lipinski definition) is 2. The van der Waals surface area contributed by atoms with Crippen molar-refractivity contribution in [2.75, 3.05) is 0 Å². The van der Waals surface area contributed by atoms with Crippen LogP contribution >= 0.6 is 11.3 Å². The van der Waals surface area contributed by atoms with E-state index in [1.54, 1.807) is 0 Å². The van der Waals surface area contributed by atoms with E-state index in [4.69, 9.17) is 0 Å². The highest BCUT2D eigenvalue weighted by atomic mass is 32.1. The summed E-state index contributed by atoms with van der Waals surface area (Å²) in [6.45, 7) is 4.65. The lowest BCUT2D eigenvalue weighted by Crippen LogP contribution is -2.50. The molecule has 2 atom stereocenters. The molecular weight excluding hydrogens is 430 g/mol. The maximum atomic E-state index is 2.66. The second-order valence-electron chi connectivity index (χ2n) is 10.0. The molecule has 0 saturated heterocycles. The first-order chi connectivity index (χ1) is 16.6. The summed E-state index contributed by atoms with van der Waals surface area (Å²) >= 11 is 1.88. The van der Waals surface area contributed by atoms with Gasteiger partial charge in [-0.25, -0.2) is 0 Å². The molecule has 1 nitrogen and oxygen atoms in total. The monoisotopic (exact) mass is 461 g/mol. The average Bonchev–Trinajstić information content (AvgIpc) is 3.23. The maximum absolute atomic E-state index is 2.66. The zero-order chi connectivity index (χ0) is 23.1. The molecule has 3 aliphatic rings. The van der Waals surface area contributed by atoms with E-state index in [1.807, 2.05) is 11.3 Å². The Labute approximate surface area is 206 Å². The van der Waals surface area contributed by atoms with Crippen molar-refractivity contribution in [3.05, 3.63) is 114 Å². The van der Waals surface area contributed by atoms with Crippen LogP contribution in [0.1, 0.15) is 45.1 Å². The molecule has 0 N–H and O–H groups in total. The first-order valence-electron chi connectivity index (χ1n) is 12.4. The van der Waals surface area contributed by atoms with E-state index in [0.717, 1.165) is 25.7 Å². The quantitative estimate of drug-likeness (QED) is 0.375. The first kappa shape index (κ1) is 21.4. The van der Waals surface area contributed by atoms with Gasteiger partial charge in [-0.15, -0.1) is 11.3 Å². The lowest BCUT2D eigenvalue weighted by Gasteiger charge is -2.48. The van der Waals surface area contributed by atoms with Gasteiger partial charge in [-0.2, -0.15) is 0 Å². The molecule has 1 heterocycles. The Morgan fingerprint density at radius 2 is 1.85 bits per heavy atom. The van der Waals surface area contributed by atoms with Gasteiger partial charge in [0.1, 0.15) is 0 Å². The molecule has 3 aliphatic carbocycles. The van der Waals surface area contributed by atoms with Crippen molar-refractivity contribution in [3.63, 3.8) is 0 Å². The van der Waals surface area contributed by atoms with Crippen LogP contribution in [0.2, 0.25) is 0 Å². The summed E-state index contributed by atoms with van der Waals surface area (Å²) in [6.07, 6.45) is 25.6. The number of fused-ring (bicyclic) bond motifs is 3. The summed E-state index contributed by atoms with van der Waals surface area (Å²) in [5.74, 6) is 0. The minimum atomic E-state index is -0.0528. The van der Waals surface area contributed by atoms with E-state index in [9.17, 15) is 0 Å². The zero-order valence-corrected chi connectivity index (χ0v) is 20.8. The van der Waals surface area contributed by atoms with Crippen LogP contribution in [0.3, 0.4) is 0 Å². The van der Waals surface area contributed by atoms with Crippen LogP contribution in [0.5, 0.6) is 0 Å². The molecule has 1 unspecified atom stereocenters. The third-order valence-corrected chi connectivity index (χ3v) is 8.60. The molecule has 0 spiro atoms. The summed E-state index contributed by atoms with van der Waals surface area (Å²) in [7, 11) is 0.